The molecule has 1 aromatic rings. The molecule has 0 saturated carbocycles. The van der Waals surface area contributed by atoms with Crippen LogP contribution in [0.3, 0.4) is 0 Å². The summed E-state index contributed by atoms with van der Waals surface area (Å²) in [5, 5.41) is 3.89. The summed E-state index contributed by atoms with van der Waals surface area (Å²) in [5.74, 6) is 0. The zero-order chi connectivity index (χ0) is 14.3. The van der Waals surface area contributed by atoms with Gasteiger partial charge in [0, 0.05) is 17.7 Å². The molecule has 0 fully saturated rings. The average molecular weight is 296 g/mol. The Morgan fingerprint density at radius 1 is 1.26 bits per heavy atom. The summed E-state index contributed by atoms with van der Waals surface area (Å²) in [4.78, 5) is 0. The number of halogens is 4. The highest BCUT2D eigenvalue weighted by atomic mass is 35.5. The minimum absolute atomic E-state index is 0.0971. The molecule has 0 amide bonds. The molecule has 0 heterocycles. The molecular weight excluding hydrogens is 279 g/mol. The van der Waals surface area contributed by atoms with Gasteiger partial charge in [-0.3, -0.25) is 0 Å². The number of hydrogen-bond acceptors (Lipinski definition) is 2. The summed E-state index contributed by atoms with van der Waals surface area (Å²) < 4.78 is 39.9. The van der Waals surface area contributed by atoms with Crippen LogP contribution in [0.2, 0.25) is 5.02 Å². The van der Waals surface area contributed by atoms with Crippen molar-refractivity contribution >= 4 is 11.6 Å². The highest BCUT2D eigenvalue weighted by Gasteiger charge is 2.27. The second-order valence-corrected chi connectivity index (χ2v) is 4.69. The van der Waals surface area contributed by atoms with E-state index in [1.54, 1.807) is 0 Å². The maximum Gasteiger partial charge on any atom is 0.411 e. The summed E-state index contributed by atoms with van der Waals surface area (Å²) in [5.41, 5.74) is 1.08. The second-order valence-electron chi connectivity index (χ2n) is 4.25. The highest BCUT2D eigenvalue weighted by molar-refractivity contribution is 6.30. The zero-order valence-electron chi connectivity index (χ0n) is 10.6. The third-order valence-corrected chi connectivity index (χ3v) is 2.80. The molecule has 0 aliphatic heterocycles. The lowest BCUT2D eigenvalue weighted by atomic mass is 10.1. The largest absolute Gasteiger partial charge is 0.411 e. The summed E-state index contributed by atoms with van der Waals surface area (Å²) >= 11 is 5.79. The third-order valence-electron chi connectivity index (χ3n) is 2.55. The van der Waals surface area contributed by atoms with Crippen LogP contribution in [-0.2, 0) is 4.74 Å². The predicted molar refractivity (Wildman–Crippen MR) is 69.4 cm³/mol. The minimum Gasteiger partial charge on any atom is -0.372 e. The van der Waals surface area contributed by atoms with Gasteiger partial charge in [0.05, 0.1) is 0 Å². The number of ether oxygens (including phenoxy) is 1. The molecular formula is C13H17ClF3NO. The van der Waals surface area contributed by atoms with E-state index < -0.39 is 12.8 Å². The quantitative estimate of drug-likeness (QED) is 0.769. The molecule has 108 valence electrons. The SMILES string of the molecule is C[C@@H](NCCCOCC(F)(F)F)c1ccc(Cl)cc1. The summed E-state index contributed by atoms with van der Waals surface area (Å²) in [7, 11) is 0. The average Bonchev–Trinajstić information content (AvgIpc) is 2.33. The maximum absolute atomic E-state index is 11.8. The van der Waals surface area contributed by atoms with Crippen LogP contribution in [0.25, 0.3) is 0 Å². The number of benzene rings is 1. The summed E-state index contributed by atoms with van der Waals surface area (Å²) in [6, 6.07) is 7.57. The van der Waals surface area contributed by atoms with Crippen LogP contribution in [0, 0.1) is 0 Å². The molecule has 0 aliphatic rings. The molecule has 1 atom stereocenters. The van der Waals surface area contributed by atoms with Gasteiger partial charge in [0.1, 0.15) is 6.61 Å². The monoisotopic (exact) mass is 295 g/mol. The normalized spacial score (nSPS) is 13.5. The standard InChI is InChI=1S/C13H17ClF3NO/c1-10(11-3-5-12(14)6-4-11)18-7-2-8-19-9-13(15,16)17/h3-6,10,18H,2,7-9H2,1H3/t10-/m1/s1. The first-order chi connectivity index (χ1) is 8.88. The minimum atomic E-state index is -4.25. The molecule has 6 heteroatoms. The molecule has 0 spiro atoms. The van der Waals surface area contributed by atoms with E-state index in [0.29, 0.717) is 18.0 Å². The van der Waals surface area contributed by atoms with Crippen LogP contribution < -0.4 is 5.32 Å². The van der Waals surface area contributed by atoms with Crippen molar-refractivity contribution in [1.82, 2.24) is 5.32 Å². The van der Waals surface area contributed by atoms with Gasteiger partial charge >= 0.3 is 6.18 Å². The number of alkyl halides is 3. The van der Waals surface area contributed by atoms with E-state index in [2.05, 4.69) is 10.1 Å². The van der Waals surface area contributed by atoms with Crippen molar-refractivity contribution in [2.45, 2.75) is 25.6 Å². The lowest BCUT2D eigenvalue weighted by Crippen LogP contribution is -2.22. The topological polar surface area (TPSA) is 21.3 Å². The van der Waals surface area contributed by atoms with Crippen molar-refractivity contribution < 1.29 is 17.9 Å². The van der Waals surface area contributed by atoms with Gasteiger partial charge in [0.15, 0.2) is 0 Å². The molecule has 1 rings (SSSR count). The van der Waals surface area contributed by atoms with E-state index in [0.717, 1.165) is 5.56 Å². The van der Waals surface area contributed by atoms with Crippen LogP contribution >= 0.6 is 11.6 Å². The lowest BCUT2D eigenvalue weighted by molar-refractivity contribution is -0.173. The van der Waals surface area contributed by atoms with Crippen molar-refractivity contribution in [1.29, 1.82) is 0 Å². The lowest BCUT2D eigenvalue weighted by Gasteiger charge is -2.14. The van der Waals surface area contributed by atoms with Crippen molar-refractivity contribution in [3.63, 3.8) is 0 Å². The second kappa shape index (κ2) is 7.72. The van der Waals surface area contributed by atoms with Gasteiger partial charge in [-0.05, 0) is 37.6 Å². The van der Waals surface area contributed by atoms with Gasteiger partial charge < -0.3 is 10.1 Å². The Kier molecular flexibility index (Phi) is 6.62. The molecule has 0 saturated heterocycles. The van der Waals surface area contributed by atoms with E-state index in [1.807, 2.05) is 31.2 Å². The molecule has 0 aliphatic carbocycles. The van der Waals surface area contributed by atoms with E-state index in [-0.39, 0.29) is 12.6 Å². The predicted octanol–water partition coefficient (Wildman–Crippen LogP) is 3.96. The fourth-order valence-electron chi connectivity index (χ4n) is 1.55. The molecule has 0 bridgehead atoms. The summed E-state index contributed by atoms with van der Waals surface area (Å²) in [6.07, 6.45) is -3.71. The Hall–Kier alpha value is -0.780. The first-order valence-electron chi connectivity index (χ1n) is 6.02. The fraction of sp³-hybridized carbons (Fsp3) is 0.538. The molecule has 0 unspecified atom stereocenters. The van der Waals surface area contributed by atoms with Gasteiger partial charge in [-0.15, -0.1) is 0 Å². The van der Waals surface area contributed by atoms with Gasteiger partial charge in [-0.25, -0.2) is 0 Å². The van der Waals surface area contributed by atoms with Crippen molar-refractivity contribution in [3.8, 4) is 0 Å². The fourth-order valence-corrected chi connectivity index (χ4v) is 1.68. The van der Waals surface area contributed by atoms with Gasteiger partial charge in [-0.1, -0.05) is 23.7 Å². The van der Waals surface area contributed by atoms with Crippen molar-refractivity contribution in [2.75, 3.05) is 19.8 Å². The number of hydrogen-bond donors (Lipinski definition) is 1. The Bertz CT molecular complexity index is 367. The van der Waals surface area contributed by atoms with E-state index in [4.69, 9.17) is 11.6 Å². The van der Waals surface area contributed by atoms with Gasteiger partial charge in [0.2, 0.25) is 0 Å². The molecule has 2 nitrogen and oxygen atoms in total. The molecule has 19 heavy (non-hydrogen) atoms. The van der Waals surface area contributed by atoms with Crippen LogP contribution in [0.1, 0.15) is 24.9 Å². The van der Waals surface area contributed by atoms with Crippen LogP contribution in [0.4, 0.5) is 13.2 Å². The van der Waals surface area contributed by atoms with Crippen LogP contribution in [0.5, 0.6) is 0 Å². The van der Waals surface area contributed by atoms with E-state index in [1.165, 1.54) is 0 Å². The van der Waals surface area contributed by atoms with Crippen molar-refractivity contribution in [2.24, 2.45) is 0 Å². The maximum atomic E-state index is 11.8. The van der Waals surface area contributed by atoms with Crippen LogP contribution in [-0.4, -0.2) is 25.9 Å². The smallest absolute Gasteiger partial charge is 0.372 e. The molecule has 1 aromatic carbocycles. The third kappa shape index (κ3) is 7.40. The van der Waals surface area contributed by atoms with E-state index >= 15 is 0 Å². The van der Waals surface area contributed by atoms with Crippen LogP contribution in [0.15, 0.2) is 24.3 Å². The summed E-state index contributed by atoms with van der Waals surface area (Å²) in [6.45, 7) is 1.50. The van der Waals surface area contributed by atoms with Gasteiger partial charge in [-0.2, -0.15) is 13.2 Å². The Morgan fingerprint density at radius 3 is 2.47 bits per heavy atom. The van der Waals surface area contributed by atoms with E-state index in [9.17, 15) is 13.2 Å². The zero-order valence-corrected chi connectivity index (χ0v) is 11.4. The molecule has 1 N–H and O–H groups in total. The Balaban J connectivity index is 2.14. The molecule has 0 radical (unpaired) electrons. The first-order valence-corrected chi connectivity index (χ1v) is 6.39. The number of rotatable bonds is 7. The highest BCUT2D eigenvalue weighted by Crippen LogP contribution is 2.16. The first kappa shape index (κ1) is 16.3. The van der Waals surface area contributed by atoms with Gasteiger partial charge in [0.25, 0.3) is 0 Å². The number of nitrogens with one attached hydrogen (secondary N) is 1. The molecule has 0 aromatic heterocycles. The van der Waals surface area contributed by atoms with Crippen molar-refractivity contribution in [3.05, 3.63) is 34.9 Å². The Labute approximate surface area is 115 Å². The Morgan fingerprint density at radius 2 is 1.89 bits per heavy atom.